The van der Waals surface area contributed by atoms with E-state index in [1.807, 2.05) is 0 Å². The average molecular weight is 169 g/mol. The van der Waals surface area contributed by atoms with Crippen molar-refractivity contribution in [1.82, 2.24) is 5.32 Å². The summed E-state index contributed by atoms with van der Waals surface area (Å²) in [6.07, 6.45) is 5.46. The maximum Gasteiger partial charge on any atom is -0.00153 e. The minimum atomic E-state index is 0.667. The number of hydrogen-bond acceptors (Lipinski definition) is 1. The van der Waals surface area contributed by atoms with E-state index in [0.717, 1.165) is 5.92 Å². The molecule has 1 rings (SSSR count). The van der Waals surface area contributed by atoms with Crippen LogP contribution in [0, 0.1) is 11.3 Å². The third-order valence-electron chi connectivity index (χ3n) is 3.96. The summed E-state index contributed by atoms with van der Waals surface area (Å²) in [6, 6.07) is 0. The Labute approximate surface area is 76.9 Å². The Kier molecular flexibility index (Phi) is 3.57. The van der Waals surface area contributed by atoms with Crippen molar-refractivity contribution in [2.75, 3.05) is 13.1 Å². The molecule has 0 spiro atoms. The first-order valence-corrected chi connectivity index (χ1v) is 5.49. The molecule has 72 valence electrons. The van der Waals surface area contributed by atoms with Crippen LogP contribution in [-0.2, 0) is 0 Å². The number of rotatable bonds is 3. The van der Waals surface area contributed by atoms with Gasteiger partial charge in [-0.25, -0.2) is 0 Å². The van der Waals surface area contributed by atoms with Crippen molar-refractivity contribution in [3.05, 3.63) is 0 Å². The molecule has 1 atom stereocenters. The highest BCUT2D eigenvalue weighted by Gasteiger charge is 2.36. The highest BCUT2D eigenvalue weighted by molar-refractivity contribution is 4.89. The molecule has 12 heavy (non-hydrogen) atoms. The van der Waals surface area contributed by atoms with Gasteiger partial charge in [-0.2, -0.15) is 0 Å². The molecule has 0 aromatic carbocycles. The third-order valence-corrected chi connectivity index (χ3v) is 3.96. The van der Waals surface area contributed by atoms with E-state index in [2.05, 4.69) is 26.1 Å². The van der Waals surface area contributed by atoms with Crippen LogP contribution in [0.25, 0.3) is 0 Å². The van der Waals surface area contributed by atoms with Crippen LogP contribution in [0.4, 0.5) is 0 Å². The molecular weight excluding hydrogens is 146 g/mol. The van der Waals surface area contributed by atoms with Gasteiger partial charge in [-0.15, -0.1) is 0 Å². The fourth-order valence-electron chi connectivity index (χ4n) is 2.79. The molecular formula is C11H23N. The summed E-state index contributed by atoms with van der Waals surface area (Å²) in [5.41, 5.74) is 0.667. The van der Waals surface area contributed by atoms with Gasteiger partial charge in [-0.3, -0.25) is 0 Å². The van der Waals surface area contributed by atoms with Gasteiger partial charge in [0.1, 0.15) is 0 Å². The molecule has 0 bridgehead atoms. The number of piperidine rings is 1. The number of nitrogens with one attached hydrogen (secondary N) is 1. The molecule has 0 amide bonds. The van der Waals surface area contributed by atoms with Gasteiger partial charge in [-0.1, -0.05) is 40.0 Å². The van der Waals surface area contributed by atoms with Crippen LogP contribution in [0.2, 0.25) is 0 Å². The van der Waals surface area contributed by atoms with Crippen LogP contribution >= 0.6 is 0 Å². The first-order chi connectivity index (χ1) is 5.79. The summed E-state index contributed by atoms with van der Waals surface area (Å²) < 4.78 is 0. The molecule has 0 aromatic rings. The molecule has 0 saturated carbocycles. The summed E-state index contributed by atoms with van der Waals surface area (Å²) in [5.74, 6) is 0.918. The van der Waals surface area contributed by atoms with Gasteiger partial charge < -0.3 is 5.32 Å². The van der Waals surface area contributed by atoms with Crippen LogP contribution in [0.15, 0.2) is 0 Å². The Morgan fingerprint density at radius 3 is 2.33 bits per heavy atom. The molecule has 0 aliphatic carbocycles. The largest absolute Gasteiger partial charge is 0.316 e. The van der Waals surface area contributed by atoms with Crippen molar-refractivity contribution >= 4 is 0 Å². The SMILES string of the molecule is CCC1CNCCC1(CC)CC. The van der Waals surface area contributed by atoms with E-state index in [-0.39, 0.29) is 0 Å². The van der Waals surface area contributed by atoms with E-state index in [1.54, 1.807) is 0 Å². The zero-order valence-corrected chi connectivity index (χ0v) is 8.82. The fraction of sp³-hybridized carbons (Fsp3) is 1.00. The van der Waals surface area contributed by atoms with Crippen LogP contribution in [0.5, 0.6) is 0 Å². The van der Waals surface area contributed by atoms with E-state index in [0.29, 0.717) is 5.41 Å². The van der Waals surface area contributed by atoms with Gasteiger partial charge in [0.05, 0.1) is 0 Å². The van der Waals surface area contributed by atoms with E-state index in [1.165, 1.54) is 38.8 Å². The second-order valence-corrected chi connectivity index (χ2v) is 4.13. The van der Waals surface area contributed by atoms with Gasteiger partial charge in [-0.05, 0) is 30.8 Å². The molecule has 1 fully saturated rings. The predicted molar refractivity (Wildman–Crippen MR) is 54.3 cm³/mol. The predicted octanol–water partition coefficient (Wildman–Crippen LogP) is 2.81. The molecule has 0 aromatic heterocycles. The van der Waals surface area contributed by atoms with Crippen LogP contribution in [0.1, 0.15) is 46.5 Å². The Balaban J connectivity index is 2.66. The van der Waals surface area contributed by atoms with Crippen LogP contribution < -0.4 is 5.32 Å². The van der Waals surface area contributed by atoms with E-state index in [4.69, 9.17) is 0 Å². The third kappa shape index (κ3) is 1.66. The lowest BCUT2D eigenvalue weighted by Crippen LogP contribution is -2.44. The van der Waals surface area contributed by atoms with Gasteiger partial charge in [0.2, 0.25) is 0 Å². The molecule has 1 aliphatic rings. The molecule has 1 aliphatic heterocycles. The van der Waals surface area contributed by atoms with Crippen LogP contribution in [-0.4, -0.2) is 13.1 Å². The molecule has 1 unspecified atom stereocenters. The lowest BCUT2D eigenvalue weighted by Gasteiger charge is -2.43. The molecule has 1 saturated heterocycles. The van der Waals surface area contributed by atoms with Gasteiger partial charge in [0, 0.05) is 0 Å². The molecule has 1 N–H and O–H groups in total. The van der Waals surface area contributed by atoms with E-state index in [9.17, 15) is 0 Å². The van der Waals surface area contributed by atoms with Gasteiger partial charge >= 0.3 is 0 Å². The highest BCUT2D eigenvalue weighted by atomic mass is 14.9. The smallest absolute Gasteiger partial charge is 0.00153 e. The summed E-state index contributed by atoms with van der Waals surface area (Å²) in [6.45, 7) is 9.53. The zero-order valence-electron chi connectivity index (χ0n) is 8.82. The second-order valence-electron chi connectivity index (χ2n) is 4.13. The van der Waals surface area contributed by atoms with Crippen molar-refractivity contribution in [2.45, 2.75) is 46.5 Å². The standard InChI is InChI=1S/C11H23N/c1-4-10-9-12-8-7-11(10,5-2)6-3/h10,12H,4-9H2,1-3H3. The molecule has 1 heteroatoms. The fourth-order valence-corrected chi connectivity index (χ4v) is 2.79. The normalized spacial score (nSPS) is 28.8. The summed E-state index contributed by atoms with van der Waals surface area (Å²) >= 11 is 0. The van der Waals surface area contributed by atoms with E-state index < -0.39 is 0 Å². The van der Waals surface area contributed by atoms with Crippen molar-refractivity contribution in [3.8, 4) is 0 Å². The molecule has 1 nitrogen and oxygen atoms in total. The first-order valence-electron chi connectivity index (χ1n) is 5.49. The Morgan fingerprint density at radius 1 is 1.25 bits per heavy atom. The summed E-state index contributed by atoms with van der Waals surface area (Å²) in [5, 5.41) is 3.51. The molecule has 1 heterocycles. The Hall–Kier alpha value is -0.0400. The summed E-state index contributed by atoms with van der Waals surface area (Å²) in [7, 11) is 0. The first kappa shape index (κ1) is 10.0. The lowest BCUT2D eigenvalue weighted by molar-refractivity contribution is 0.0926. The monoisotopic (exact) mass is 169 g/mol. The highest BCUT2D eigenvalue weighted by Crippen LogP contribution is 2.41. The second kappa shape index (κ2) is 4.27. The van der Waals surface area contributed by atoms with Crippen molar-refractivity contribution in [2.24, 2.45) is 11.3 Å². The quantitative estimate of drug-likeness (QED) is 0.685. The minimum Gasteiger partial charge on any atom is -0.316 e. The maximum absolute atomic E-state index is 3.51. The number of hydrogen-bond donors (Lipinski definition) is 1. The Morgan fingerprint density at radius 2 is 1.92 bits per heavy atom. The van der Waals surface area contributed by atoms with Crippen molar-refractivity contribution in [1.29, 1.82) is 0 Å². The Bertz CT molecular complexity index is 127. The zero-order chi connectivity index (χ0) is 9.03. The topological polar surface area (TPSA) is 12.0 Å². The summed E-state index contributed by atoms with van der Waals surface area (Å²) in [4.78, 5) is 0. The maximum atomic E-state index is 3.51. The average Bonchev–Trinajstić information content (AvgIpc) is 2.17. The van der Waals surface area contributed by atoms with Crippen molar-refractivity contribution in [3.63, 3.8) is 0 Å². The molecule has 0 radical (unpaired) electrons. The van der Waals surface area contributed by atoms with Gasteiger partial charge in [0.15, 0.2) is 0 Å². The van der Waals surface area contributed by atoms with E-state index >= 15 is 0 Å². The van der Waals surface area contributed by atoms with Gasteiger partial charge in [0.25, 0.3) is 0 Å². The van der Waals surface area contributed by atoms with Crippen LogP contribution in [0.3, 0.4) is 0 Å². The van der Waals surface area contributed by atoms with Crippen molar-refractivity contribution < 1.29 is 0 Å². The minimum absolute atomic E-state index is 0.667. The lowest BCUT2D eigenvalue weighted by atomic mass is 9.66.